The van der Waals surface area contributed by atoms with E-state index in [1.54, 1.807) is 0 Å². The Balaban J connectivity index is 1.42. The van der Waals surface area contributed by atoms with Crippen LogP contribution in [-0.2, 0) is 14.0 Å². The lowest BCUT2D eigenvalue weighted by Crippen LogP contribution is -2.65. The minimum atomic E-state index is -2.05. The summed E-state index contributed by atoms with van der Waals surface area (Å²) >= 11 is 0. The van der Waals surface area contributed by atoms with Crippen LogP contribution in [-0.4, -0.2) is 43.5 Å². The summed E-state index contributed by atoms with van der Waals surface area (Å²) in [5.41, 5.74) is 1.67. The minimum Gasteiger partial charge on any atom is -0.452 e. The number of amides is 1. The maximum absolute atomic E-state index is 14.2. The molecular formula is C31H44BNO4Si. The van der Waals surface area contributed by atoms with Gasteiger partial charge in [-0.05, 0) is 62.0 Å². The molecule has 1 amide bonds. The van der Waals surface area contributed by atoms with Gasteiger partial charge < -0.3 is 14.0 Å². The van der Waals surface area contributed by atoms with Crippen LogP contribution in [0.4, 0.5) is 4.79 Å². The van der Waals surface area contributed by atoms with Crippen LogP contribution < -0.4 is 0 Å². The van der Waals surface area contributed by atoms with Crippen molar-refractivity contribution in [2.45, 2.75) is 96.5 Å². The number of hydrogen-bond donors (Lipinski definition) is 0. The fraction of sp³-hybridized carbons (Fsp3) is 0.581. The molecule has 0 spiro atoms. The summed E-state index contributed by atoms with van der Waals surface area (Å²) in [5, 5.41) is 0. The molecule has 1 heterocycles. The van der Waals surface area contributed by atoms with E-state index in [-0.39, 0.29) is 35.3 Å². The van der Waals surface area contributed by atoms with Crippen molar-refractivity contribution >= 4 is 21.3 Å². The minimum absolute atomic E-state index is 0.0596. The quantitative estimate of drug-likeness (QED) is 0.347. The van der Waals surface area contributed by atoms with Gasteiger partial charge in [0.15, 0.2) is 0 Å². The zero-order valence-electron chi connectivity index (χ0n) is 24.3. The van der Waals surface area contributed by atoms with Gasteiger partial charge in [0.05, 0.1) is 31.9 Å². The van der Waals surface area contributed by atoms with Crippen LogP contribution in [0, 0.1) is 17.3 Å². The third-order valence-electron chi connectivity index (χ3n) is 9.91. The monoisotopic (exact) mass is 533 g/mol. The topological polar surface area (TPSA) is 48.0 Å². The summed E-state index contributed by atoms with van der Waals surface area (Å²) in [5.74, 6) is 1.14. The molecule has 2 bridgehead atoms. The standard InChI is InChI=1S/C31H44BNO4Si/c1-21(23-15-11-9-12-16-23)33(22(2)24-17-13-10-14-18-24)29(34)35-28(38(6,7)8)32-36-27-20-25-19-26(30(25,3)4)31(27,5)37-32/h9-18,21-22,25-28H,19-20H2,1-8H3/t21-,22-,25-,26-,27+,28+,31-/m0/s1. The highest BCUT2D eigenvalue weighted by Gasteiger charge is 2.69. The Kier molecular flexibility index (Phi) is 7.11. The van der Waals surface area contributed by atoms with Crippen molar-refractivity contribution < 1.29 is 18.8 Å². The summed E-state index contributed by atoms with van der Waals surface area (Å²) in [6.07, 6.45) is 1.96. The largest absolute Gasteiger partial charge is 0.497 e. The number of nitrogens with zero attached hydrogens (tertiary/aromatic N) is 1. The van der Waals surface area contributed by atoms with Crippen LogP contribution >= 0.6 is 0 Å². The lowest BCUT2D eigenvalue weighted by Gasteiger charge is -2.64. The lowest BCUT2D eigenvalue weighted by atomic mass is 9.43. The maximum atomic E-state index is 14.2. The molecule has 3 aliphatic carbocycles. The number of carbonyl (C=O) groups excluding carboxylic acids is 1. The molecule has 3 saturated carbocycles. The molecule has 1 saturated heterocycles. The van der Waals surface area contributed by atoms with E-state index in [4.69, 9.17) is 14.0 Å². The zero-order valence-corrected chi connectivity index (χ0v) is 25.3. The highest BCUT2D eigenvalue weighted by molar-refractivity contribution is 6.86. The molecule has 0 unspecified atom stereocenters. The van der Waals surface area contributed by atoms with Crippen LogP contribution in [0.5, 0.6) is 0 Å². The molecule has 5 nitrogen and oxygen atoms in total. The first-order valence-corrected chi connectivity index (χ1v) is 17.8. The Morgan fingerprint density at radius 3 is 1.95 bits per heavy atom. The van der Waals surface area contributed by atoms with E-state index in [2.05, 4.69) is 78.5 Å². The maximum Gasteiger partial charge on any atom is 0.497 e. The van der Waals surface area contributed by atoms with E-state index >= 15 is 0 Å². The molecule has 0 radical (unpaired) electrons. The summed E-state index contributed by atoms with van der Waals surface area (Å²) < 4.78 is 20.0. The molecule has 1 aliphatic heterocycles. The molecule has 2 aromatic rings. The molecule has 2 aromatic carbocycles. The number of carbonyl (C=O) groups is 1. The van der Waals surface area contributed by atoms with E-state index in [1.807, 2.05) is 41.3 Å². The van der Waals surface area contributed by atoms with E-state index in [0.29, 0.717) is 11.8 Å². The van der Waals surface area contributed by atoms with E-state index in [0.717, 1.165) is 17.5 Å². The van der Waals surface area contributed by atoms with Gasteiger partial charge in [-0.25, -0.2) is 4.79 Å². The van der Waals surface area contributed by atoms with Crippen molar-refractivity contribution in [3.63, 3.8) is 0 Å². The third kappa shape index (κ3) is 4.65. The van der Waals surface area contributed by atoms with Gasteiger partial charge in [-0.2, -0.15) is 0 Å². The second-order valence-electron chi connectivity index (χ2n) is 13.6. The van der Waals surface area contributed by atoms with Gasteiger partial charge in [-0.1, -0.05) is 94.2 Å². The van der Waals surface area contributed by atoms with Crippen LogP contribution in [0.3, 0.4) is 0 Å². The van der Waals surface area contributed by atoms with Gasteiger partial charge in [0.1, 0.15) is 5.63 Å². The van der Waals surface area contributed by atoms with Gasteiger partial charge in [-0.15, -0.1) is 0 Å². The van der Waals surface area contributed by atoms with Crippen LogP contribution in [0.1, 0.15) is 70.7 Å². The summed E-state index contributed by atoms with van der Waals surface area (Å²) in [6, 6.07) is 20.0. The van der Waals surface area contributed by atoms with E-state index in [9.17, 15) is 4.79 Å². The van der Waals surface area contributed by atoms with Crippen LogP contribution in [0.25, 0.3) is 0 Å². The second kappa shape index (κ2) is 9.83. The fourth-order valence-electron chi connectivity index (χ4n) is 7.27. The van der Waals surface area contributed by atoms with Crippen molar-refractivity contribution in [2.24, 2.45) is 17.3 Å². The Bertz CT molecular complexity index is 1090. The average Bonchev–Trinajstić information content (AvgIpc) is 3.24. The van der Waals surface area contributed by atoms with Crippen molar-refractivity contribution in [2.75, 3.05) is 0 Å². The second-order valence-corrected chi connectivity index (χ2v) is 18.9. The Morgan fingerprint density at radius 2 is 1.47 bits per heavy atom. The molecule has 6 rings (SSSR count). The Hall–Kier alpha value is -2.09. The summed E-state index contributed by atoms with van der Waals surface area (Å²) in [6.45, 7) is 17.8. The normalized spacial score (nSPS) is 30.0. The fourth-order valence-corrected chi connectivity index (χ4v) is 8.69. The molecule has 7 heteroatoms. The van der Waals surface area contributed by atoms with E-state index in [1.165, 1.54) is 6.42 Å². The van der Waals surface area contributed by atoms with Crippen molar-refractivity contribution in [1.29, 1.82) is 0 Å². The van der Waals surface area contributed by atoms with Crippen LogP contribution in [0.2, 0.25) is 19.6 Å². The zero-order chi connectivity index (χ0) is 27.5. The first-order valence-electron chi connectivity index (χ1n) is 14.3. The summed E-state index contributed by atoms with van der Waals surface area (Å²) in [4.78, 5) is 16.0. The molecule has 4 fully saturated rings. The first kappa shape index (κ1) is 27.5. The highest BCUT2D eigenvalue weighted by atomic mass is 28.3. The molecule has 0 N–H and O–H groups in total. The predicted octanol–water partition coefficient (Wildman–Crippen LogP) is 7.46. The van der Waals surface area contributed by atoms with Gasteiger partial charge >= 0.3 is 13.2 Å². The molecular weight excluding hydrogens is 489 g/mol. The number of hydrogen-bond acceptors (Lipinski definition) is 4. The van der Waals surface area contributed by atoms with Gasteiger partial charge in [0, 0.05) is 0 Å². The number of ether oxygens (including phenoxy) is 1. The predicted molar refractivity (Wildman–Crippen MR) is 155 cm³/mol. The van der Waals surface area contributed by atoms with Crippen molar-refractivity contribution in [3.05, 3.63) is 71.8 Å². The molecule has 7 atom stereocenters. The van der Waals surface area contributed by atoms with Crippen LogP contribution in [0.15, 0.2) is 60.7 Å². The Morgan fingerprint density at radius 1 is 0.947 bits per heavy atom. The summed E-state index contributed by atoms with van der Waals surface area (Å²) in [7, 11) is -2.58. The highest BCUT2D eigenvalue weighted by Crippen LogP contribution is 2.65. The average molecular weight is 534 g/mol. The van der Waals surface area contributed by atoms with Crippen molar-refractivity contribution in [1.82, 2.24) is 4.90 Å². The number of rotatable bonds is 7. The van der Waals surface area contributed by atoms with Gasteiger partial charge in [0.25, 0.3) is 0 Å². The molecule has 0 aromatic heterocycles. The van der Waals surface area contributed by atoms with Gasteiger partial charge in [-0.3, -0.25) is 4.90 Å². The van der Waals surface area contributed by atoms with Crippen molar-refractivity contribution in [3.8, 4) is 0 Å². The smallest absolute Gasteiger partial charge is 0.452 e. The Labute approximate surface area is 230 Å². The van der Waals surface area contributed by atoms with E-state index < -0.39 is 20.8 Å². The third-order valence-corrected chi connectivity index (χ3v) is 12.0. The molecule has 38 heavy (non-hydrogen) atoms. The molecule has 4 aliphatic rings. The molecule has 204 valence electrons. The van der Waals surface area contributed by atoms with Gasteiger partial charge in [0.2, 0.25) is 0 Å². The first-order chi connectivity index (χ1) is 17.8. The number of benzene rings is 2. The lowest BCUT2D eigenvalue weighted by molar-refractivity contribution is -0.199. The SMILES string of the molecule is C[C@@H](c1ccccc1)N(C(=O)O[C@@H](B1O[C@@H]2C[C@@H]3C[C@@H](C3(C)C)[C@]2(C)O1)[Si](C)(C)C)[C@@H](C)c1ccccc1.